The van der Waals surface area contributed by atoms with Crippen LogP contribution in [-0.2, 0) is 6.61 Å². The average molecular weight is 275 g/mol. The van der Waals surface area contributed by atoms with Gasteiger partial charge in [0.2, 0.25) is 5.88 Å². The van der Waals surface area contributed by atoms with E-state index >= 15 is 0 Å². The van der Waals surface area contributed by atoms with Crippen LogP contribution in [-0.4, -0.2) is 4.98 Å². The molecule has 0 N–H and O–H groups in total. The predicted octanol–water partition coefficient (Wildman–Crippen LogP) is 3.48. The number of aromatic nitrogens is 1. The highest BCUT2D eigenvalue weighted by Crippen LogP contribution is 2.28. The lowest BCUT2D eigenvalue weighted by atomic mass is 10.2. The molecule has 1 aromatic carbocycles. The third-order valence-corrected chi connectivity index (χ3v) is 2.90. The van der Waals surface area contributed by atoms with E-state index in [-0.39, 0.29) is 6.61 Å². The highest BCUT2D eigenvalue weighted by atomic mass is 35.5. The Morgan fingerprint density at radius 2 is 2.16 bits per heavy atom. The summed E-state index contributed by atoms with van der Waals surface area (Å²) in [6.45, 7) is 2.09. The van der Waals surface area contributed by atoms with E-state index in [0.717, 1.165) is 5.56 Å². The first-order valence-electron chi connectivity index (χ1n) is 5.60. The Labute approximate surface area is 116 Å². The summed E-state index contributed by atoms with van der Waals surface area (Å²) in [6, 6.07) is 8.84. The predicted molar refractivity (Wildman–Crippen MR) is 71.0 cm³/mol. The van der Waals surface area contributed by atoms with Gasteiger partial charge in [0.25, 0.3) is 6.26 Å². The minimum atomic E-state index is 0.189. The molecule has 4 nitrogen and oxygen atoms in total. The number of ether oxygens (including phenoxy) is 2. The molecule has 0 spiro atoms. The van der Waals surface area contributed by atoms with E-state index in [1.54, 1.807) is 30.7 Å². The van der Waals surface area contributed by atoms with E-state index in [2.05, 4.69) is 4.98 Å². The zero-order valence-electron chi connectivity index (χ0n) is 10.3. The second-order valence-corrected chi connectivity index (χ2v) is 4.23. The van der Waals surface area contributed by atoms with Crippen molar-refractivity contribution in [3.8, 4) is 17.9 Å². The molecular weight excluding hydrogens is 264 g/mol. The number of halogens is 1. The van der Waals surface area contributed by atoms with Crippen LogP contribution < -0.4 is 9.47 Å². The summed E-state index contributed by atoms with van der Waals surface area (Å²) >= 11 is 6.08. The normalized spacial score (nSPS) is 9.74. The maximum absolute atomic E-state index is 8.60. The van der Waals surface area contributed by atoms with Crippen molar-refractivity contribution in [1.29, 1.82) is 5.26 Å². The summed E-state index contributed by atoms with van der Waals surface area (Å²) in [5.74, 6) is 0.925. The van der Waals surface area contributed by atoms with E-state index in [4.69, 9.17) is 26.3 Å². The minimum absolute atomic E-state index is 0.189. The van der Waals surface area contributed by atoms with E-state index in [0.29, 0.717) is 22.2 Å². The van der Waals surface area contributed by atoms with Crippen LogP contribution in [0.3, 0.4) is 0 Å². The molecule has 0 saturated heterocycles. The van der Waals surface area contributed by atoms with Gasteiger partial charge in [-0.2, -0.15) is 0 Å². The lowest BCUT2D eigenvalue weighted by Gasteiger charge is -2.11. The van der Waals surface area contributed by atoms with Crippen molar-refractivity contribution in [1.82, 2.24) is 4.98 Å². The Kier molecular flexibility index (Phi) is 4.22. The molecule has 0 unspecified atom stereocenters. The van der Waals surface area contributed by atoms with E-state index in [1.165, 1.54) is 0 Å². The lowest BCUT2D eigenvalue weighted by molar-refractivity contribution is 0.287. The molecule has 0 atom stereocenters. The van der Waals surface area contributed by atoms with Crippen molar-refractivity contribution >= 4 is 11.6 Å². The maximum atomic E-state index is 8.60. The Hall–Kier alpha value is -2.25. The SMILES string of the molecule is Cc1cccnc1OCc1c(Cl)cccc1OC#N. The summed E-state index contributed by atoms with van der Waals surface area (Å²) in [4.78, 5) is 4.13. The first-order chi connectivity index (χ1) is 9.22. The van der Waals surface area contributed by atoms with Crippen LogP contribution in [0.2, 0.25) is 5.02 Å². The van der Waals surface area contributed by atoms with Gasteiger partial charge < -0.3 is 9.47 Å². The summed E-state index contributed by atoms with van der Waals surface area (Å²) in [5.41, 5.74) is 1.55. The quantitative estimate of drug-likeness (QED) is 0.801. The number of nitrogens with zero attached hydrogens (tertiary/aromatic N) is 2. The van der Waals surface area contributed by atoms with E-state index in [9.17, 15) is 0 Å². The van der Waals surface area contributed by atoms with Crippen molar-refractivity contribution < 1.29 is 9.47 Å². The number of benzene rings is 1. The first-order valence-corrected chi connectivity index (χ1v) is 5.98. The zero-order valence-corrected chi connectivity index (χ0v) is 11.0. The molecule has 0 saturated carbocycles. The number of aryl methyl sites for hydroxylation is 1. The fraction of sp³-hybridized carbons (Fsp3) is 0.143. The van der Waals surface area contributed by atoms with Crippen molar-refractivity contribution in [2.45, 2.75) is 13.5 Å². The standard InChI is InChI=1S/C14H11ClN2O2/c1-10-4-3-7-17-14(10)18-8-11-12(15)5-2-6-13(11)19-9-16/h2-7H,8H2,1H3. The van der Waals surface area contributed by atoms with Crippen LogP contribution in [0.4, 0.5) is 0 Å². The number of hydrogen-bond acceptors (Lipinski definition) is 4. The molecule has 96 valence electrons. The van der Waals surface area contributed by atoms with Crippen molar-refractivity contribution in [3.63, 3.8) is 0 Å². The van der Waals surface area contributed by atoms with Gasteiger partial charge in [0, 0.05) is 11.8 Å². The molecule has 1 aromatic heterocycles. The van der Waals surface area contributed by atoms with Crippen molar-refractivity contribution in [2.75, 3.05) is 0 Å². The smallest absolute Gasteiger partial charge is 0.292 e. The molecule has 5 heteroatoms. The van der Waals surface area contributed by atoms with Crippen molar-refractivity contribution in [2.24, 2.45) is 0 Å². The largest absolute Gasteiger partial charge is 0.472 e. The molecule has 0 aliphatic heterocycles. The molecule has 2 aromatic rings. The summed E-state index contributed by atoms with van der Waals surface area (Å²) in [7, 11) is 0. The molecule has 0 aliphatic carbocycles. The first kappa shape index (κ1) is 13.2. The van der Waals surface area contributed by atoms with Crippen LogP contribution >= 0.6 is 11.6 Å². The van der Waals surface area contributed by atoms with Crippen LogP contribution in [0.1, 0.15) is 11.1 Å². The van der Waals surface area contributed by atoms with Gasteiger partial charge in [-0.15, -0.1) is 5.26 Å². The van der Waals surface area contributed by atoms with Gasteiger partial charge in [-0.05, 0) is 25.1 Å². The summed E-state index contributed by atoms with van der Waals surface area (Å²) in [6.07, 6.45) is 3.29. The van der Waals surface area contributed by atoms with Crippen molar-refractivity contribution in [3.05, 3.63) is 52.7 Å². The molecular formula is C14H11ClN2O2. The van der Waals surface area contributed by atoms with Gasteiger partial charge in [0.15, 0.2) is 0 Å². The molecule has 2 rings (SSSR count). The molecule has 19 heavy (non-hydrogen) atoms. The fourth-order valence-electron chi connectivity index (χ4n) is 1.59. The Bertz CT molecular complexity index is 623. The Morgan fingerprint density at radius 1 is 1.32 bits per heavy atom. The molecule has 1 heterocycles. The number of pyridine rings is 1. The molecule has 0 bridgehead atoms. The number of nitriles is 1. The third kappa shape index (κ3) is 3.15. The number of rotatable bonds is 4. The monoisotopic (exact) mass is 274 g/mol. The molecule has 0 fully saturated rings. The average Bonchev–Trinajstić information content (AvgIpc) is 2.40. The summed E-state index contributed by atoms with van der Waals surface area (Å²) in [5, 5.41) is 9.08. The van der Waals surface area contributed by atoms with E-state index < -0.39 is 0 Å². The lowest BCUT2D eigenvalue weighted by Crippen LogP contribution is -2.01. The minimum Gasteiger partial charge on any atom is -0.472 e. The van der Waals surface area contributed by atoms with Crippen LogP contribution in [0.15, 0.2) is 36.5 Å². The van der Waals surface area contributed by atoms with Gasteiger partial charge in [-0.25, -0.2) is 4.98 Å². The topological polar surface area (TPSA) is 55.1 Å². The van der Waals surface area contributed by atoms with Gasteiger partial charge in [0.1, 0.15) is 12.4 Å². The zero-order chi connectivity index (χ0) is 13.7. The van der Waals surface area contributed by atoms with Crippen LogP contribution in [0.5, 0.6) is 11.6 Å². The Morgan fingerprint density at radius 3 is 2.89 bits per heavy atom. The van der Waals surface area contributed by atoms with Gasteiger partial charge in [0.05, 0.1) is 10.6 Å². The molecule has 0 amide bonds. The fourth-order valence-corrected chi connectivity index (χ4v) is 1.81. The highest BCUT2D eigenvalue weighted by molar-refractivity contribution is 6.31. The summed E-state index contributed by atoms with van der Waals surface area (Å²) < 4.78 is 10.5. The van der Waals surface area contributed by atoms with Gasteiger partial charge >= 0.3 is 0 Å². The highest BCUT2D eigenvalue weighted by Gasteiger charge is 2.10. The third-order valence-electron chi connectivity index (χ3n) is 2.55. The molecule has 0 radical (unpaired) electrons. The van der Waals surface area contributed by atoms with Gasteiger partial charge in [-0.3, -0.25) is 0 Å². The van der Waals surface area contributed by atoms with E-state index in [1.807, 2.05) is 19.1 Å². The second kappa shape index (κ2) is 6.07. The Balaban J connectivity index is 2.20. The van der Waals surface area contributed by atoms with Gasteiger partial charge in [-0.1, -0.05) is 23.7 Å². The number of hydrogen-bond donors (Lipinski definition) is 0. The molecule has 0 aliphatic rings. The maximum Gasteiger partial charge on any atom is 0.292 e. The second-order valence-electron chi connectivity index (χ2n) is 3.82. The van der Waals surface area contributed by atoms with Crippen LogP contribution in [0.25, 0.3) is 0 Å². The van der Waals surface area contributed by atoms with Crippen LogP contribution in [0, 0.1) is 18.4 Å².